The van der Waals surface area contributed by atoms with Crippen molar-refractivity contribution in [1.29, 1.82) is 0 Å². The second kappa shape index (κ2) is 6.86. The first kappa shape index (κ1) is 14.9. The van der Waals surface area contributed by atoms with Crippen LogP contribution in [0.4, 0.5) is 0 Å². The maximum atomic E-state index is 5.42. The summed E-state index contributed by atoms with van der Waals surface area (Å²) in [5.74, 6) is 0. The van der Waals surface area contributed by atoms with Gasteiger partial charge in [0.15, 0.2) is 0 Å². The first-order valence-corrected chi connectivity index (χ1v) is 8.42. The predicted molar refractivity (Wildman–Crippen MR) is 101 cm³/mol. The van der Waals surface area contributed by atoms with E-state index in [0.29, 0.717) is 6.10 Å². The quantitative estimate of drug-likeness (QED) is 0.450. The molecule has 1 nitrogen and oxygen atoms in total. The zero-order valence-electron chi connectivity index (χ0n) is 13.6. The van der Waals surface area contributed by atoms with Gasteiger partial charge in [0.05, 0.1) is 12.7 Å². The molecule has 24 heavy (non-hydrogen) atoms. The SMILES string of the molecule is C(=Cc1ccccc1-c1ccccc1CC1CO1)c1ccccc1. The first-order chi connectivity index (χ1) is 11.9. The van der Waals surface area contributed by atoms with Crippen LogP contribution in [-0.2, 0) is 11.2 Å². The molecule has 1 unspecified atom stereocenters. The molecule has 3 aromatic rings. The Morgan fingerprint density at radius 1 is 0.750 bits per heavy atom. The van der Waals surface area contributed by atoms with Crippen molar-refractivity contribution in [3.05, 3.63) is 95.6 Å². The molecule has 0 aliphatic carbocycles. The highest BCUT2D eigenvalue weighted by Crippen LogP contribution is 2.30. The summed E-state index contributed by atoms with van der Waals surface area (Å²) in [5.41, 5.74) is 6.40. The van der Waals surface area contributed by atoms with Gasteiger partial charge in [0.2, 0.25) is 0 Å². The molecule has 1 heteroatoms. The normalized spacial score (nSPS) is 16.4. The average molecular weight is 312 g/mol. The van der Waals surface area contributed by atoms with E-state index < -0.39 is 0 Å². The highest BCUT2D eigenvalue weighted by atomic mass is 16.6. The molecule has 0 saturated carbocycles. The third-order valence-corrected chi connectivity index (χ3v) is 4.37. The van der Waals surface area contributed by atoms with Gasteiger partial charge in [-0.2, -0.15) is 0 Å². The molecule has 1 heterocycles. The van der Waals surface area contributed by atoms with Gasteiger partial charge in [0.25, 0.3) is 0 Å². The Hall–Kier alpha value is -2.64. The number of epoxide rings is 1. The molecule has 0 bridgehead atoms. The Balaban J connectivity index is 1.70. The Kier molecular flexibility index (Phi) is 4.26. The average Bonchev–Trinajstić information content (AvgIpc) is 3.46. The van der Waals surface area contributed by atoms with E-state index in [4.69, 9.17) is 4.74 Å². The first-order valence-electron chi connectivity index (χ1n) is 8.42. The molecular weight excluding hydrogens is 292 g/mol. The molecule has 0 amide bonds. The van der Waals surface area contributed by atoms with Crippen molar-refractivity contribution >= 4 is 12.2 Å². The lowest BCUT2D eigenvalue weighted by atomic mass is 9.93. The molecule has 0 spiro atoms. The van der Waals surface area contributed by atoms with Gasteiger partial charge < -0.3 is 4.74 Å². The lowest BCUT2D eigenvalue weighted by Crippen LogP contribution is -1.96. The molecule has 0 N–H and O–H groups in total. The van der Waals surface area contributed by atoms with Crippen LogP contribution in [0.1, 0.15) is 16.7 Å². The Bertz CT molecular complexity index is 845. The minimum Gasteiger partial charge on any atom is -0.373 e. The van der Waals surface area contributed by atoms with Crippen LogP contribution in [0, 0.1) is 0 Å². The van der Waals surface area contributed by atoms with Gasteiger partial charge in [0.1, 0.15) is 0 Å². The summed E-state index contributed by atoms with van der Waals surface area (Å²) < 4.78 is 5.42. The van der Waals surface area contributed by atoms with Crippen LogP contribution in [0.3, 0.4) is 0 Å². The number of rotatable bonds is 5. The summed E-state index contributed by atoms with van der Waals surface area (Å²) in [7, 11) is 0. The van der Waals surface area contributed by atoms with E-state index in [0.717, 1.165) is 13.0 Å². The molecule has 0 aromatic heterocycles. The zero-order chi connectivity index (χ0) is 16.2. The largest absolute Gasteiger partial charge is 0.373 e. The minimum atomic E-state index is 0.401. The standard InChI is InChI=1S/C23H20O/c1-2-8-18(9-3-1)14-15-19-10-4-6-12-22(19)23-13-7-5-11-20(23)16-21-17-24-21/h1-15,21H,16-17H2. The van der Waals surface area contributed by atoms with Crippen molar-refractivity contribution < 1.29 is 4.74 Å². The van der Waals surface area contributed by atoms with Crippen LogP contribution in [0.15, 0.2) is 78.9 Å². The number of benzene rings is 3. The molecule has 118 valence electrons. The fraction of sp³-hybridized carbons (Fsp3) is 0.130. The number of hydrogen-bond donors (Lipinski definition) is 0. The molecule has 3 aromatic carbocycles. The fourth-order valence-electron chi connectivity index (χ4n) is 3.03. The maximum Gasteiger partial charge on any atom is 0.0850 e. The van der Waals surface area contributed by atoms with Crippen LogP contribution < -0.4 is 0 Å². The second-order valence-corrected chi connectivity index (χ2v) is 6.15. The van der Waals surface area contributed by atoms with E-state index in [9.17, 15) is 0 Å². The Morgan fingerprint density at radius 3 is 2.21 bits per heavy atom. The Morgan fingerprint density at radius 2 is 1.42 bits per heavy atom. The lowest BCUT2D eigenvalue weighted by molar-refractivity contribution is 0.408. The van der Waals surface area contributed by atoms with Crippen molar-refractivity contribution in [3.8, 4) is 11.1 Å². The zero-order valence-corrected chi connectivity index (χ0v) is 13.6. The third-order valence-electron chi connectivity index (χ3n) is 4.37. The Labute approximate surface area is 143 Å². The molecule has 1 aliphatic rings. The monoisotopic (exact) mass is 312 g/mol. The van der Waals surface area contributed by atoms with Crippen molar-refractivity contribution in [2.75, 3.05) is 6.61 Å². The molecule has 1 fully saturated rings. The topological polar surface area (TPSA) is 12.5 Å². The molecular formula is C23H20O. The summed E-state index contributed by atoms with van der Waals surface area (Å²) in [6.45, 7) is 0.893. The van der Waals surface area contributed by atoms with Gasteiger partial charge in [0, 0.05) is 6.42 Å². The van der Waals surface area contributed by atoms with E-state index in [-0.39, 0.29) is 0 Å². The van der Waals surface area contributed by atoms with E-state index in [1.807, 2.05) is 6.07 Å². The van der Waals surface area contributed by atoms with Gasteiger partial charge in [-0.1, -0.05) is 91.0 Å². The third kappa shape index (κ3) is 3.47. The number of hydrogen-bond acceptors (Lipinski definition) is 1. The van der Waals surface area contributed by atoms with Gasteiger partial charge in [-0.05, 0) is 27.8 Å². The van der Waals surface area contributed by atoms with E-state index in [1.165, 1.54) is 27.8 Å². The molecule has 4 rings (SSSR count). The van der Waals surface area contributed by atoms with Crippen molar-refractivity contribution in [2.45, 2.75) is 12.5 Å². The number of ether oxygens (including phenoxy) is 1. The van der Waals surface area contributed by atoms with Crippen LogP contribution in [0.5, 0.6) is 0 Å². The summed E-state index contributed by atoms with van der Waals surface area (Å²) >= 11 is 0. The van der Waals surface area contributed by atoms with E-state index in [2.05, 4.69) is 84.9 Å². The van der Waals surface area contributed by atoms with E-state index >= 15 is 0 Å². The fourth-order valence-corrected chi connectivity index (χ4v) is 3.03. The summed E-state index contributed by atoms with van der Waals surface area (Å²) in [4.78, 5) is 0. The molecule has 1 aliphatic heterocycles. The van der Waals surface area contributed by atoms with Gasteiger partial charge in [-0.3, -0.25) is 0 Å². The van der Waals surface area contributed by atoms with Crippen molar-refractivity contribution in [2.24, 2.45) is 0 Å². The van der Waals surface area contributed by atoms with Crippen LogP contribution >= 0.6 is 0 Å². The second-order valence-electron chi connectivity index (χ2n) is 6.15. The van der Waals surface area contributed by atoms with Crippen LogP contribution in [0.2, 0.25) is 0 Å². The van der Waals surface area contributed by atoms with E-state index in [1.54, 1.807) is 0 Å². The molecule has 1 atom stereocenters. The summed E-state index contributed by atoms with van der Waals surface area (Å²) in [6, 6.07) is 27.7. The molecule has 1 saturated heterocycles. The van der Waals surface area contributed by atoms with Gasteiger partial charge >= 0.3 is 0 Å². The van der Waals surface area contributed by atoms with Crippen LogP contribution in [-0.4, -0.2) is 12.7 Å². The summed E-state index contributed by atoms with van der Waals surface area (Å²) in [6.07, 6.45) is 5.77. The highest BCUT2D eigenvalue weighted by molar-refractivity contribution is 5.82. The smallest absolute Gasteiger partial charge is 0.0850 e. The highest BCUT2D eigenvalue weighted by Gasteiger charge is 2.24. The molecule has 0 radical (unpaired) electrons. The van der Waals surface area contributed by atoms with Crippen molar-refractivity contribution in [1.82, 2.24) is 0 Å². The van der Waals surface area contributed by atoms with Crippen LogP contribution in [0.25, 0.3) is 23.3 Å². The maximum absolute atomic E-state index is 5.42. The van der Waals surface area contributed by atoms with Gasteiger partial charge in [-0.25, -0.2) is 0 Å². The summed E-state index contributed by atoms with van der Waals surface area (Å²) in [5, 5.41) is 0. The van der Waals surface area contributed by atoms with Gasteiger partial charge in [-0.15, -0.1) is 0 Å². The minimum absolute atomic E-state index is 0.401. The predicted octanol–water partition coefficient (Wildman–Crippen LogP) is 5.47. The van der Waals surface area contributed by atoms with Crippen molar-refractivity contribution in [3.63, 3.8) is 0 Å². The lowest BCUT2D eigenvalue weighted by Gasteiger charge is -2.11.